The third-order valence-corrected chi connectivity index (χ3v) is 1.99. The largest absolute Gasteiger partial charge is 0.282 e. The van der Waals surface area contributed by atoms with Gasteiger partial charge in [0.05, 0.1) is 5.69 Å². The van der Waals surface area contributed by atoms with Gasteiger partial charge in [0.1, 0.15) is 0 Å². The normalized spacial score (nSPS) is 11.1. The van der Waals surface area contributed by atoms with Crippen LogP contribution in [0.15, 0.2) is 6.07 Å². The fourth-order valence-corrected chi connectivity index (χ4v) is 1.02. The SMILES string of the molecule is CC.CC(C)c1cc(C(C)(C)C)n[nH]1. The molecular weight excluding hydrogens is 172 g/mol. The molecule has 1 aromatic heterocycles. The maximum Gasteiger partial charge on any atom is 0.0678 e. The first kappa shape index (κ1) is 13.2. The lowest BCUT2D eigenvalue weighted by Crippen LogP contribution is -2.11. The number of hydrogen-bond acceptors (Lipinski definition) is 1. The molecule has 0 saturated heterocycles. The molecule has 1 rings (SSSR count). The highest BCUT2D eigenvalue weighted by Crippen LogP contribution is 2.22. The predicted molar refractivity (Wildman–Crippen MR) is 62.7 cm³/mol. The third-order valence-electron chi connectivity index (χ3n) is 1.99. The van der Waals surface area contributed by atoms with E-state index in [0.29, 0.717) is 5.92 Å². The maximum absolute atomic E-state index is 4.28. The Kier molecular flexibility index (Phi) is 4.89. The Bertz CT molecular complexity index is 254. The molecule has 82 valence electrons. The van der Waals surface area contributed by atoms with Crippen molar-refractivity contribution in [1.82, 2.24) is 10.2 Å². The van der Waals surface area contributed by atoms with Gasteiger partial charge in [0.15, 0.2) is 0 Å². The molecule has 1 heterocycles. The number of aromatic nitrogens is 2. The van der Waals surface area contributed by atoms with Crippen molar-refractivity contribution in [3.05, 3.63) is 17.5 Å². The van der Waals surface area contributed by atoms with Crippen LogP contribution in [0.25, 0.3) is 0 Å². The van der Waals surface area contributed by atoms with Crippen LogP contribution in [0.3, 0.4) is 0 Å². The minimum atomic E-state index is 0.156. The van der Waals surface area contributed by atoms with E-state index in [2.05, 4.69) is 50.9 Å². The summed E-state index contributed by atoms with van der Waals surface area (Å²) in [6.45, 7) is 14.9. The molecule has 0 aromatic carbocycles. The highest BCUT2D eigenvalue weighted by Gasteiger charge is 2.17. The van der Waals surface area contributed by atoms with Crippen molar-refractivity contribution in [2.24, 2.45) is 0 Å². The third kappa shape index (κ3) is 3.52. The molecule has 14 heavy (non-hydrogen) atoms. The number of aromatic amines is 1. The standard InChI is InChI=1S/C10H18N2.C2H6/c1-7(2)8-6-9(12-11-8)10(3,4)5;1-2/h6-7H,1-5H3,(H,11,12);1-2H3. The van der Waals surface area contributed by atoms with E-state index in [0.717, 1.165) is 5.69 Å². The zero-order chi connectivity index (χ0) is 11.4. The smallest absolute Gasteiger partial charge is 0.0678 e. The Morgan fingerprint density at radius 2 is 1.71 bits per heavy atom. The lowest BCUT2D eigenvalue weighted by atomic mass is 9.92. The summed E-state index contributed by atoms with van der Waals surface area (Å²) in [4.78, 5) is 0. The van der Waals surface area contributed by atoms with Crippen molar-refractivity contribution in [2.45, 2.75) is 59.8 Å². The first-order chi connectivity index (χ1) is 6.41. The molecule has 0 bridgehead atoms. The van der Waals surface area contributed by atoms with Crippen LogP contribution in [0.5, 0.6) is 0 Å². The zero-order valence-corrected chi connectivity index (χ0v) is 10.6. The molecule has 0 aliphatic heterocycles. The zero-order valence-electron chi connectivity index (χ0n) is 10.6. The Balaban J connectivity index is 0.000000791. The van der Waals surface area contributed by atoms with Crippen molar-refractivity contribution < 1.29 is 0 Å². The monoisotopic (exact) mass is 196 g/mol. The summed E-state index contributed by atoms with van der Waals surface area (Å²) in [6, 6.07) is 2.16. The first-order valence-corrected chi connectivity index (χ1v) is 5.47. The highest BCUT2D eigenvalue weighted by molar-refractivity contribution is 5.18. The Morgan fingerprint density at radius 3 is 1.93 bits per heavy atom. The molecule has 0 aliphatic rings. The van der Waals surface area contributed by atoms with E-state index in [1.807, 2.05) is 13.8 Å². The van der Waals surface area contributed by atoms with Crippen LogP contribution in [0, 0.1) is 0 Å². The molecule has 2 heteroatoms. The molecule has 1 N–H and O–H groups in total. The second kappa shape index (κ2) is 5.18. The van der Waals surface area contributed by atoms with Gasteiger partial charge in [0.25, 0.3) is 0 Å². The summed E-state index contributed by atoms with van der Waals surface area (Å²) in [6.07, 6.45) is 0. The van der Waals surface area contributed by atoms with Crippen LogP contribution in [0.1, 0.15) is 65.8 Å². The van der Waals surface area contributed by atoms with Gasteiger partial charge >= 0.3 is 0 Å². The molecule has 0 atom stereocenters. The first-order valence-electron chi connectivity index (χ1n) is 5.47. The minimum absolute atomic E-state index is 0.156. The summed E-state index contributed by atoms with van der Waals surface area (Å²) in [5, 5.41) is 7.35. The fourth-order valence-electron chi connectivity index (χ4n) is 1.02. The summed E-state index contributed by atoms with van der Waals surface area (Å²) < 4.78 is 0. The fraction of sp³-hybridized carbons (Fsp3) is 0.750. The van der Waals surface area contributed by atoms with Crippen LogP contribution in [-0.4, -0.2) is 10.2 Å². The highest BCUT2D eigenvalue weighted by atomic mass is 15.1. The van der Waals surface area contributed by atoms with E-state index in [4.69, 9.17) is 0 Å². The lowest BCUT2D eigenvalue weighted by molar-refractivity contribution is 0.567. The molecule has 0 spiro atoms. The van der Waals surface area contributed by atoms with Gasteiger partial charge in [-0.05, 0) is 12.0 Å². The second-order valence-electron chi connectivity index (χ2n) is 4.61. The van der Waals surface area contributed by atoms with E-state index in [1.165, 1.54) is 5.69 Å². The van der Waals surface area contributed by atoms with Gasteiger partial charge in [-0.15, -0.1) is 0 Å². The molecular formula is C12H24N2. The Morgan fingerprint density at radius 1 is 1.21 bits per heavy atom. The van der Waals surface area contributed by atoms with Gasteiger partial charge in [-0.2, -0.15) is 5.10 Å². The summed E-state index contributed by atoms with van der Waals surface area (Å²) in [5.74, 6) is 0.536. The van der Waals surface area contributed by atoms with E-state index < -0.39 is 0 Å². The Hall–Kier alpha value is -0.790. The molecule has 0 unspecified atom stereocenters. The van der Waals surface area contributed by atoms with Gasteiger partial charge in [-0.25, -0.2) is 0 Å². The van der Waals surface area contributed by atoms with Crippen LogP contribution < -0.4 is 0 Å². The average molecular weight is 196 g/mol. The molecule has 0 amide bonds. The van der Waals surface area contributed by atoms with Crippen LogP contribution in [-0.2, 0) is 5.41 Å². The average Bonchev–Trinajstić information content (AvgIpc) is 2.54. The van der Waals surface area contributed by atoms with Gasteiger partial charge in [-0.3, -0.25) is 5.10 Å². The van der Waals surface area contributed by atoms with Crippen LogP contribution >= 0.6 is 0 Å². The second-order valence-corrected chi connectivity index (χ2v) is 4.61. The summed E-state index contributed by atoms with van der Waals surface area (Å²) in [7, 11) is 0. The van der Waals surface area contributed by atoms with Gasteiger partial charge in [-0.1, -0.05) is 48.5 Å². The molecule has 0 aliphatic carbocycles. The number of rotatable bonds is 1. The van der Waals surface area contributed by atoms with E-state index in [1.54, 1.807) is 0 Å². The van der Waals surface area contributed by atoms with Crippen molar-refractivity contribution >= 4 is 0 Å². The van der Waals surface area contributed by atoms with Crippen molar-refractivity contribution in [3.8, 4) is 0 Å². The number of hydrogen-bond donors (Lipinski definition) is 1. The molecule has 2 nitrogen and oxygen atoms in total. The number of nitrogens with zero attached hydrogens (tertiary/aromatic N) is 1. The predicted octanol–water partition coefficient (Wildman–Crippen LogP) is 3.86. The van der Waals surface area contributed by atoms with E-state index in [-0.39, 0.29) is 5.41 Å². The number of nitrogens with one attached hydrogen (secondary N) is 1. The van der Waals surface area contributed by atoms with Crippen LogP contribution in [0.4, 0.5) is 0 Å². The number of H-pyrrole nitrogens is 1. The lowest BCUT2D eigenvalue weighted by Gasteiger charge is -2.13. The molecule has 1 aromatic rings. The summed E-state index contributed by atoms with van der Waals surface area (Å²) >= 11 is 0. The van der Waals surface area contributed by atoms with Crippen molar-refractivity contribution in [2.75, 3.05) is 0 Å². The Labute approximate surface area is 88.1 Å². The van der Waals surface area contributed by atoms with Gasteiger partial charge in [0, 0.05) is 11.1 Å². The topological polar surface area (TPSA) is 28.7 Å². The molecule has 0 fully saturated rings. The minimum Gasteiger partial charge on any atom is -0.282 e. The quantitative estimate of drug-likeness (QED) is 0.726. The maximum atomic E-state index is 4.28. The van der Waals surface area contributed by atoms with Gasteiger partial charge < -0.3 is 0 Å². The van der Waals surface area contributed by atoms with Crippen molar-refractivity contribution in [1.29, 1.82) is 0 Å². The summed E-state index contributed by atoms with van der Waals surface area (Å²) in [5.41, 5.74) is 2.52. The van der Waals surface area contributed by atoms with Gasteiger partial charge in [0.2, 0.25) is 0 Å². The molecule has 0 saturated carbocycles. The van der Waals surface area contributed by atoms with Crippen LogP contribution in [0.2, 0.25) is 0 Å². The van der Waals surface area contributed by atoms with Crippen molar-refractivity contribution in [3.63, 3.8) is 0 Å². The van der Waals surface area contributed by atoms with E-state index in [9.17, 15) is 0 Å². The molecule has 0 radical (unpaired) electrons. The van der Waals surface area contributed by atoms with E-state index >= 15 is 0 Å².